The summed E-state index contributed by atoms with van der Waals surface area (Å²) in [6.45, 7) is 5.03. The number of ether oxygens (including phenoxy) is 1. The van der Waals surface area contributed by atoms with Gasteiger partial charge in [-0.25, -0.2) is 8.42 Å². The maximum absolute atomic E-state index is 12.9. The fourth-order valence-electron chi connectivity index (χ4n) is 2.83. The summed E-state index contributed by atoms with van der Waals surface area (Å²) in [6.07, 6.45) is 1.68. The average molecular weight is 312 g/mol. The predicted octanol–water partition coefficient (Wildman–Crippen LogP) is 1.64. The van der Waals surface area contributed by atoms with E-state index in [0.29, 0.717) is 24.5 Å². The van der Waals surface area contributed by atoms with Crippen LogP contribution in [0.5, 0.6) is 0 Å². The van der Waals surface area contributed by atoms with Crippen LogP contribution in [0.2, 0.25) is 0 Å². The molecule has 0 saturated carbocycles. The molecule has 0 amide bonds. The lowest BCUT2D eigenvalue weighted by Crippen LogP contribution is -2.49. The van der Waals surface area contributed by atoms with E-state index in [0.717, 1.165) is 24.0 Å². The van der Waals surface area contributed by atoms with Gasteiger partial charge >= 0.3 is 0 Å². The van der Waals surface area contributed by atoms with E-state index < -0.39 is 15.6 Å². The Hall–Kier alpha value is -0.950. The van der Waals surface area contributed by atoms with E-state index in [1.165, 1.54) is 4.31 Å². The van der Waals surface area contributed by atoms with Gasteiger partial charge < -0.3 is 10.5 Å². The normalized spacial score (nSPS) is 24.2. The van der Waals surface area contributed by atoms with Crippen LogP contribution in [0.15, 0.2) is 23.1 Å². The quantitative estimate of drug-likeness (QED) is 0.917. The van der Waals surface area contributed by atoms with Crippen LogP contribution in [0.4, 0.5) is 0 Å². The highest BCUT2D eigenvalue weighted by Gasteiger charge is 2.37. The molecule has 1 saturated heterocycles. The van der Waals surface area contributed by atoms with Crippen LogP contribution in [0.25, 0.3) is 0 Å². The minimum absolute atomic E-state index is 0.338. The lowest BCUT2D eigenvalue weighted by Gasteiger charge is -2.38. The summed E-state index contributed by atoms with van der Waals surface area (Å²) in [5.74, 6) is 0. The Kier molecular flexibility index (Phi) is 4.72. The summed E-state index contributed by atoms with van der Waals surface area (Å²) < 4.78 is 32.8. The van der Waals surface area contributed by atoms with Crippen molar-refractivity contribution in [1.82, 2.24) is 4.31 Å². The number of hydrogen-bond donors (Lipinski definition) is 1. The molecule has 6 heteroatoms. The highest BCUT2D eigenvalue weighted by atomic mass is 32.2. The van der Waals surface area contributed by atoms with Gasteiger partial charge in [0.05, 0.1) is 10.5 Å². The fourth-order valence-corrected chi connectivity index (χ4v) is 4.69. The number of nitrogens with zero attached hydrogens (tertiary/aromatic N) is 1. The van der Waals surface area contributed by atoms with Crippen LogP contribution in [-0.2, 0) is 21.3 Å². The molecule has 5 nitrogen and oxygen atoms in total. The van der Waals surface area contributed by atoms with Crippen LogP contribution in [0.1, 0.15) is 30.9 Å². The molecule has 1 unspecified atom stereocenters. The molecule has 1 aliphatic heterocycles. The molecule has 1 fully saturated rings. The van der Waals surface area contributed by atoms with E-state index in [-0.39, 0.29) is 0 Å². The number of hydrogen-bond acceptors (Lipinski definition) is 4. The smallest absolute Gasteiger partial charge is 0.243 e. The number of rotatable bonds is 4. The number of piperidine rings is 1. The number of methoxy groups -OCH3 is 1. The molecular weight excluding hydrogens is 288 g/mol. The summed E-state index contributed by atoms with van der Waals surface area (Å²) in [4.78, 5) is 0.353. The van der Waals surface area contributed by atoms with E-state index in [4.69, 9.17) is 10.5 Å². The SMILES string of the molecule is COC1(C)CCCN(S(=O)(=O)c2cccc(CN)c2C)C1. The molecule has 0 bridgehead atoms. The van der Waals surface area contributed by atoms with Crippen LogP contribution in [0, 0.1) is 6.92 Å². The standard InChI is InChI=1S/C15H24N2O3S/c1-12-13(10-16)6-4-7-14(12)21(18,19)17-9-5-8-15(2,11-17)20-3/h4,6-7H,5,8-11,16H2,1-3H3. The molecule has 1 atom stereocenters. The molecule has 2 rings (SSSR count). The molecule has 118 valence electrons. The zero-order chi connectivity index (χ0) is 15.7. The molecule has 1 aliphatic rings. The lowest BCUT2D eigenvalue weighted by atomic mass is 9.96. The van der Waals surface area contributed by atoms with E-state index in [9.17, 15) is 8.42 Å². The van der Waals surface area contributed by atoms with E-state index in [1.54, 1.807) is 19.2 Å². The van der Waals surface area contributed by atoms with Crippen molar-refractivity contribution >= 4 is 10.0 Å². The number of sulfonamides is 1. The predicted molar refractivity (Wildman–Crippen MR) is 82.5 cm³/mol. The largest absolute Gasteiger partial charge is 0.377 e. The van der Waals surface area contributed by atoms with E-state index in [2.05, 4.69) is 0 Å². The van der Waals surface area contributed by atoms with Crippen LogP contribution >= 0.6 is 0 Å². The van der Waals surface area contributed by atoms with Gasteiger partial charge in [0.25, 0.3) is 0 Å². The Balaban J connectivity index is 2.38. The monoisotopic (exact) mass is 312 g/mol. The van der Waals surface area contributed by atoms with Gasteiger partial charge in [0.15, 0.2) is 0 Å². The van der Waals surface area contributed by atoms with Crippen LogP contribution in [-0.4, -0.2) is 38.5 Å². The first-order chi connectivity index (χ1) is 9.84. The first kappa shape index (κ1) is 16.4. The summed E-state index contributed by atoms with van der Waals surface area (Å²) in [5.41, 5.74) is 6.87. The topological polar surface area (TPSA) is 72.6 Å². The van der Waals surface area contributed by atoms with Gasteiger partial charge in [0.1, 0.15) is 0 Å². The Morgan fingerprint density at radius 1 is 1.43 bits per heavy atom. The minimum atomic E-state index is -3.51. The Morgan fingerprint density at radius 3 is 2.76 bits per heavy atom. The van der Waals surface area contributed by atoms with Gasteiger partial charge in [0.2, 0.25) is 10.0 Å². The van der Waals surface area contributed by atoms with Crippen molar-refractivity contribution in [2.45, 2.75) is 43.7 Å². The van der Waals surface area contributed by atoms with Gasteiger partial charge in [-0.1, -0.05) is 12.1 Å². The van der Waals surface area contributed by atoms with Crippen molar-refractivity contribution in [2.75, 3.05) is 20.2 Å². The van der Waals surface area contributed by atoms with Gasteiger partial charge in [-0.15, -0.1) is 0 Å². The van der Waals surface area contributed by atoms with Crippen LogP contribution in [0.3, 0.4) is 0 Å². The van der Waals surface area contributed by atoms with Gasteiger partial charge in [0, 0.05) is 26.7 Å². The molecule has 1 heterocycles. The molecule has 0 spiro atoms. The number of benzene rings is 1. The second kappa shape index (κ2) is 6.04. The number of nitrogens with two attached hydrogens (primary N) is 1. The van der Waals surface area contributed by atoms with Crippen molar-refractivity contribution in [3.05, 3.63) is 29.3 Å². The third-order valence-corrected chi connectivity index (χ3v) is 6.34. The summed E-state index contributed by atoms with van der Waals surface area (Å²) in [7, 11) is -1.87. The Labute approximate surface area is 127 Å². The van der Waals surface area contributed by atoms with Gasteiger partial charge in [-0.2, -0.15) is 4.31 Å². The zero-order valence-electron chi connectivity index (χ0n) is 12.9. The average Bonchev–Trinajstić information content (AvgIpc) is 2.47. The summed E-state index contributed by atoms with van der Waals surface area (Å²) in [5, 5.41) is 0. The highest BCUT2D eigenvalue weighted by molar-refractivity contribution is 7.89. The van der Waals surface area contributed by atoms with Crippen molar-refractivity contribution in [3.63, 3.8) is 0 Å². The molecule has 2 N–H and O–H groups in total. The maximum atomic E-state index is 12.9. The fraction of sp³-hybridized carbons (Fsp3) is 0.600. The first-order valence-electron chi connectivity index (χ1n) is 7.18. The third-order valence-electron chi connectivity index (χ3n) is 4.35. The molecule has 21 heavy (non-hydrogen) atoms. The Morgan fingerprint density at radius 2 is 2.14 bits per heavy atom. The molecule has 0 radical (unpaired) electrons. The first-order valence-corrected chi connectivity index (χ1v) is 8.62. The zero-order valence-corrected chi connectivity index (χ0v) is 13.7. The van der Waals surface area contributed by atoms with E-state index >= 15 is 0 Å². The summed E-state index contributed by atoms with van der Waals surface area (Å²) >= 11 is 0. The summed E-state index contributed by atoms with van der Waals surface area (Å²) in [6, 6.07) is 5.27. The van der Waals surface area contributed by atoms with Crippen molar-refractivity contribution in [3.8, 4) is 0 Å². The Bertz CT molecular complexity index is 615. The van der Waals surface area contributed by atoms with Crippen molar-refractivity contribution in [2.24, 2.45) is 5.73 Å². The van der Waals surface area contributed by atoms with Gasteiger partial charge in [-0.3, -0.25) is 0 Å². The molecule has 1 aromatic carbocycles. The molecule has 0 aromatic heterocycles. The lowest BCUT2D eigenvalue weighted by molar-refractivity contribution is -0.0319. The van der Waals surface area contributed by atoms with Crippen molar-refractivity contribution in [1.29, 1.82) is 0 Å². The van der Waals surface area contributed by atoms with Crippen LogP contribution < -0.4 is 5.73 Å². The highest BCUT2D eigenvalue weighted by Crippen LogP contribution is 2.30. The van der Waals surface area contributed by atoms with E-state index in [1.807, 2.05) is 19.9 Å². The second-order valence-electron chi connectivity index (χ2n) is 5.84. The molecule has 0 aliphatic carbocycles. The third kappa shape index (κ3) is 3.13. The van der Waals surface area contributed by atoms with Gasteiger partial charge in [-0.05, 0) is 43.9 Å². The second-order valence-corrected chi connectivity index (χ2v) is 7.75. The van der Waals surface area contributed by atoms with Crippen molar-refractivity contribution < 1.29 is 13.2 Å². The minimum Gasteiger partial charge on any atom is -0.377 e. The molecular formula is C15H24N2O3S. The maximum Gasteiger partial charge on any atom is 0.243 e. The molecule has 1 aromatic rings.